The molecule has 0 aliphatic rings. The van der Waals surface area contributed by atoms with Gasteiger partial charge in [-0.3, -0.25) is 4.79 Å². The van der Waals surface area contributed by atoms with Crippen molar-refractivity contribution in [3.8, 4) is 5.75 Å². The van der Waals surface area contributed by atoms with Crippen LogP contribution in [0, 0.1) is 0 Å². The van der Waals surface area contributed by atoms with Crippen molar-refractivity contribution < 1.29 is 31.1 Å². The van der Waals surface area contributed by atoms with Crippen LogP contribution < -0.4 is 10.1 Å². The molecule has 0 aliphatic heterocycles. The second kappa shape index (κ2) is 8.83. The summed E-state index contributed by atoms with van der Waals surface area (Å²) < 4.78 is 68.6. The summed E-state index contributed by atoms with van der Waals surface area (Å²) in [6.45, 7) is 0. The molecular formula is C19H21F3N2O4S. The van der Waals surface area contributed by atoms with Crippen molar-refractivity contribution in [2.45, 2.75) is 23.9 Å². The number of hydrogen-bond acceptors (Lipinski definition) is 4. The molecule has 0 unspecified atom stereocenters. The van der Waals surface area contributed by atoms with Crippen molar-refractivity contribution in [1.82, 2.24) is 4.31 Å². The van der Waals surface area contributed by atoms with Gasteiger partial charge in [-0.05, 0) is 54.4 Å². The number of sulfonamides is 1. The normalized spacial score (nSPS) is 12.1. The smallest absolute Gasteiger partial charge is 0.416 e. The lowest BCUT2D eigenvalue weighted by Crippen LogP contribution is -2.22. The van der Waals surface area contributed by atoms with Gasteiger partial charge in [-0.15, -0.1) is 0 Å². The number of methoxy groups -OCH3 is 1. The Morgan fingerprint density at radius 3 is 2.24 bits per heavy atom. The van der Waals surface area contributed by atoms with Gasteiger partial charge in [0.2, 0.25) is 15.9 Å². The topological polar surface area (TPSA) is 75.7 Å². The Bertz CT molecular complexity index is 972. The standard InChI is InChI=1S/C19H21F3N2O4S/c1-24(2)29(26,27)16-9-10-17(28-3)13(12-16)4-11-18(25)23-15-7-5-14(6-8-15)19(20,21)22/h5-10,12H,4,11H2,1-3H3,(H,23,25). The van der Waals surface area contributed by atoms with E-state index in [4.69, 9.17) is 4.74 Å². The number of aryl methyl sites for hydroxylation is 1. The average molecular weight is 430 g/mol. The quantitative estimate of drug-likeness (QED) is 0.729. The predicted octanol–water partition coefficient (Wildman–Crippen LogP) is 3.54. The highest BCUT2D eigenvalue weighted by atomic mass is 32.2. The summed E-state index contributed by atoms with van der Waals surface area (Å²) in [4.78, 5) is 12.2. The Balaban J connectivity index is 2.09. The molecule has 0 heterocycles. The molecule has 0 aromatic heterocycles. The number of ether oxygens (including phenoxy) is 1. The number of nitrogens with one attached hydrogen (secondary N) is 1. The van der Waals surface area contributed by atoms with Gasteiger partial charge in [-0.25, -0.2) is 12.7 Å². The van der Waals surface area contributed by atoms with Crippen LogP contribution in [0.5, 0.6) is 5.75 Å². The molecule has 0 saturated carbocycles. The molecule has 10 heteroatoms. The second-order valence-corrected chi connectivity index (χ2v) is 8.54. The zero-order chi connectivity index (χ0) is 21.8. The number of rotatable bonds is 7. The number of hydrogen-bond donors (Lipinski definition) is 1. The van der Waals surface area contributed by atoms with E-state index in [0.29, 0.717) is 11.3 Å². The molecule has 1 N–H and O–H groups in total. The summed E-state index contributed by atoms with van der Waals surface area (Å²) in [5.74, 6) is 0.0118. The van der Waals surface area contributed by atoms with Crippen molar-refractivity contribution >= 4 is 21.6 Å². The summed E-state index contributed by atoms with van der Waals surface area (Å²) >= 11 is 0. The van der Waals surface area contributed by atoms with Gasteiger partial charge < -0.3 is 10.1 Å². The van der Waals surface area contributed by atoms with Gasteiger partial charge in [0, 0.05) is 26.2 Å². The van der Waals surface area contributed by atoms with Crippen LogP contribution in [0.25, 0.3) is 0 Å². The molecular weight excluding hydrogens is 409 g/mol. The molecule has 29 heavy (non-hydrogen) atoms. The molecule has 6 nitrogen and oxygen atoms in total. The average Bonchev–Trinajstić information content (AvgIpc) is 2.65. The largest absolute Gasteiger partial charge is 0.496 e. The summed E-state index contributed by atoms with van der Waals surface area (Å²) in [6.07, 6.45) is -4.27. The molecule has 2 aromatic carbocycles. The first kappa shape index (κ1) is 22.7. The maximum Gasteiger partial charge on any atom is 0.416 e. The second-order valence-electron chi connectivity index (χ2n) is 6.38. The molecule has 1 amide bonds. The number of carbonyl (C=O) groups excluding carboxylic acids is 1. The Labute approximate surface area is 167 Å². The molecule has 0 saturated heterocycles. The first-order chi connectivity index (χ1) is 13.4. The van der Waals surface area contributed by atoms with E-state index in [9.17, 15) is 26.4 Å². The van der Waals surface area contributed by atoms with Crippen LogP contribution in [0.2, 0.25) is 0 Å². The predicted molar refractivity (Wildman–Crippen MR) is 102 cm³/mol. The van der Waals surface area contributed by atoms with Gasteiger partial charge in [0.1, 0.15) is 5.75 Å². The minimum absolute atomic E-state index is 0.0111. The third-order valence-electron chi connectivity index (χ3n) is 4.15. The van der Waals surface area contributed by atoms with Gasteiger partial charge in [0.05, 0.1) is 17.6 Å². The lowest BCUT2D eigenvalue weighted by Gasteiger charge is -2.14. The van der Waals surface area contributed by atoms with E-state index >= 15 is 0 Å². The fourth-order valence-corrected chi connectivity index (χ4v) is 3.49. The van der Waals surface area contributed by atoms with Crippen LogP contribution in [0.4, 0.5) is 18.9 Å². The molecule has 0 bridgehead atoms. The van der Waals surface area contributed by atoms with Crippen molar-refractivity contribution in [1.29, 1.82) is 0 Å². The highest BCUT2D eigenvalue weighted by molar-refractivity contribution is 7.89. The summed E-state index contributed by atoms with van der Waals surface area (Å²) in [5, 5.41) is 2.52. The van der Waals surface area contributed by atoms with E-state index in [2.05, 4.69) is 5.32 Å². The first-order valence-electron chi connectivity index (χ1n) is 8.51. The molecule has 2 aromatic rings. The zero-order valence-corrected chi connectivity index (χ0v) is 16.9. The molecule has 158 valence electrons. The van der Waals surface area contributed by atoms with Gasteiger partial charge in [-0.1, -0.05) is 0 Å². The summed E-state index contributed by atoms with van der Waals surface area (Å²) in [6, 6.07) is 8.48. The van der Waals surface area contributed by atoms with Gasteiger partial charge >= 0.3 is 6.18 Å². The highest BCUT2D eigenvalue weighted by Crippen LogP contribution is 2.30. The lowest BCUT2D eigenvalue weighted by molar-refractivity contribution is -0.137. The third kappa shape index (κ3) is 5.70. The molecule has 2 rings (SSSR count). The number of carbonyl (C=O) groups is 1. The zero-order valence-electron chi connectivity index (χ0n) is 16.1. The number of anilines is 1. The molecule has 0 atom stereocenters. The number of nitrogens with zero attached hydrogens (tertiary/aromatic N) is 1. The van der Waals surface area contributed by atoms with Gasteiger partial charge in [0.15, 0.2) is 0 Å². The monoisotopic (exact) mass is 430 g/mol. The fraction of sp³-hybridized carbons (Fsp3) is 0.316. The van der Waals surface area contributed by atoms with E-state index in [1.807, 2.05) is 0 Å². The maximum absolute atomic E-state index is 12.6. The van der Waals surface area contributed by atoms with E-state index in [1.54, 1.807) is 0 Å². The fourth-order valence-electron chi connectivity index (χ4n) is 2.54. The van der Waals surface area contributed by atoms with Crippen molar-refractivity contribution in [2.24, 2.45) is 0 Å². The van der Waals surface area contributed by atoms with Crippen LogP contribution in [0.3, 0.4) is 0 Å². The Kier molecular flexibility index (Phi) is 6.91. The molecule has 0 spiro atoms. The Morgan fingerprint density at radius 1 is 1.10 bits per heavy atom. The minimum Gasteiger partial charge on any atom is -0.496 e. The highest BCUT2D eigenvalue weighted by Gasteiger charge is 2.30. The number of amides is 1. The van der Waals surface area contributed by atoms with Crippen molar-refractivity contribution in [3.63, 3.8) is 0 Å². The van der Waals surface area contributed by atoms with Crippen LogP contribution in [0.15, 0.2) is 47.4 Å². The van der Waals surface area contributed by atoms with Crippen LogP contribution in [0.1, 0.15) is 17.5 Å². The number of benzene rings is 2. The number of halogens is 3. The van der Waals surface area contributed by atoms with E-state index in [-0.39, 0.29) is 23.4 Å². The number of alkyl halides is 3. The van der Waals surface area contributed by atoms with Crippen LogP contribution in [-0.4, -0.2) is 39.8 Å². The van der Waals surface area contributed by atoms with E-state index in [1.165, 1.54) is 51.5 Å². The van der Waals surface area contributed by atoms with E-state index < -0.39 is 27.7 Å². The van der Waals surface area contributed by atoms with Gasteiger partial charge in [0.25, 0.3) is 0 Å². The molecule has 0 fully saturated rings. The molecule has 0 aliphatic carbocycles. The lowest BCUT2D eigenvalue weighted by atomic mass is 10.1. The molecule has 0 radical (unpaired) electrons. The first-order valence-corrected chi connectivity index (χ1v) is 9.95. The summed E-state index contributed by atoms with van der Waals surface area (Å²) in [7, 11) is 0.616. The van der Waals surface area contributed by atoms with E-state index in [0.717, 1.165) is 16.4 Å². The van der Waals surface area contributed by atoms with Crippen LogP contribution >= 0.6 is 0 Å². The van der Waals surface area contributed by atoms with Crippen molar-refractivity contribution in [3.05, 3.63) is 53.6 Å². The third-order valence-corrected chi connectivity index (χ3v) is 5.96. The Morgan fingerprint density at radius 2 is 1.72 bits per heavy atom. The maximum atomic E-state index is 12.6. The minimum atomic E-state index is -4.45. The van der Waals surface area contributed by atoms with Crippen LogP contribution in [-0.2, 0) is 27.4 Å². The van der Waals surface area contributed by atoms with Gasteiger partial charge in [-0.2, -0.15) is 13.2 Å². The SMILES string of the molecule is COc1ccc(S(=O)(=O)N(C)C)cc1CCC(=O)Nc1ccc(C(F)(F)F)cc1. The summed E-state index contributed by atoms with van der Waals surface area (Å²) in [5.41, 5.74) is -0.0453. The van der Waals surface area contributed by atoms with Crippen molar-refractivity contribution in [2.75, 3.05) is 26.5 Å². The Hall–Kier alpha value is -2.59.